The summed E-state index contributed by atoms with van der Waals surface area (Å²) in [4.78, 5) is 25.4. The highest BCUT2D eigenvalue weighted by Gasteiger charge is 2.40. The topological polar surface area (TPSA) is 101 Å². The number of carbonyl (C=O) groups excluding carboxylic acids is 1. The Balaban J connectivity index is 1.64. The predicted octanol–water partition coefficient (Wildman–Crippen LogP) is 3.94. The molecular formula is C26H27N3O5S. The largest absolute Gasteiger partial charge is 0.333 e. The third kappa shape index (κ3) is 5.58. The molecule has 0 N–H and O–H groups in total. The first-order valence-electron chi connectivity index (χ1n) is 11.4. The van der Waals surface area contributed by atoms with Crippen LogP contribution in [0.2, 0.25) is 0 Å². The maximum atomic E-state index is 13.4. The van der Waals surface area contributed by atoms with Gasteiger partial charge in [-0.1, -0.05) is 72.3 Å². The molecule has 0 aliphatic carbocycles. The number of nitrogens with zero attached hydrogens (tertiary/aromatic N) is 3. The summed E-state index contributed by atoms with van der Waals surface area (Å²) in [5, 5.41) is 11.5. The summed E-state index contributed by atoms with van der Waals surface area (Å²) in [6, 6.07) is 22.6. The minimum atomic E-state index is -4.25. The monoisotopic (exact) mass is 493 g/mol. The zero-order valence-electron chi connectivity index (χ0n) is 19.4. The van der Waals surface area contributed by atoms with Crippen LogP contribution < -0.4 is 0 Å². The van der Waals surface area contributed by atoms with Gasteiger partial charge < -0.3 is 4.90 Å². The second kappa shape index (κ2) is 10.4. The van der Waals surface area contributed by atoms with E-state index in [0.717, 1.165) is 27.1 Å². The molecule has 182 valence electrons. The number of nitro benzene ring substituents is 1. The van der Waals surface area contributed by atoms with E-state index in [-0.39, 0.29) is 25.0 Å². The summed E-state index contributed by atoms with van der Waals surface area (Å²) in [7, 11) is -4.25. The number of benzene rings is 3. The number of aryl methyl sites for hydroxylation is 2. The summed E-state index contributed by atoms with van der Waals surface area (Å²) in [6.45, 7) is 2.07. The van der Waals surface area contributed by atoms with Crippen LogP contribution in [0.3, 0.4) is 0 Å². The van der Waals surface area contributed by atoms with Crippen molar-refractivity contribution in [2.45, 2.75) is 37.2 Å². The highest BCUT2D eigenvalue weighted by Crippen LogP contribution is 2.29. The minimum absolute atomic E-state index is 0.0682. The minimum Gasteiger partial charge on any atom is -0.333 e. The van der Waals surface area contributed by atoms with Gasteiger partial charge in [0.25, 0.3) is 5.69 Å². The molecule has 1 fully saturated rings. The van der Waals surface area contributed by atoms with Crippen molar-refractivity contribution in [3.63, 3.8) is 0 Å². The van der Waals surface area contributed by atoms with Crippen LogP contribution in [0, 0.1) is 17.0 Å². The van der Waals surface area contributed by atoms with Crippen LogP contribution in [0.15, 0.2) is 83.8 Å². The van der Waals surface area contributed by atoms with Crippen LogP contribution in [0.4, 0.5) is 5.69 Å². The maximum absolute atomic E-state index is 13.4. The SMILES string of the molecule is Cc1cccc(CN2C(=O)CN(S(=O)(=O)c3ccccc3[N+](=O)[O-])C[C@@H]2CCc2ccccc2)c1. The first-order chi connectivity index (χ1) is 16.8. The van der Waals surface area contributed by atoms with Crippen LogP contribution in [0.25, 0.3) is 0 Å². The number of rotatable bonds is 8. The fraction of sp³-hybridized carbons (Fsp3) is 0.269. The van der Waals surface area contributed by atoms with Gasteiger partial charge in [0.05, 0.1) is 11.5 Å². The van der Waals surface area contributed by atoms with Gasteiger partial charge in [0.2, 0.25) is 15.9 Å². The molecule has 1 aliphatic heterocycles. The Labute approximate surface area is 205 Å². The Morgan fingerprint density at radius 1 is 0.971 bits per heavy atom. The van der Waals surface area contributed by atoms with Gasteiger partial charge in [0.15, 0.2) is 4.90 Å². The van der Waals surface area contributed by atoms with Crippen LogP contribution in [0.5, 0.6) is 0 Å². The number of hydrogen-bond donors (Lipinski definition) is 0. The number of nitro groups is 1. The molecule has 0 aromatic heterocycles. The molecule has 1 atom stereocenters. The number of piperazine rings is 1. The molecule has 0 radical (unpaired) electrons. The van der Waals surface area contributed by atoms with Crippen molar-refractivity contribution in [2.75, 3.05) is 13.1 Å². The Kier molecular flexibility index (Phi) is 7.28. The lowest BCUT2D eigenvalue weighted by atomic mass is 10.0. The number of para-hydroxylation sites is 1. The van der Waals surface area contributed by atoms with Gasteiger partial charge in [-0.3, -0.25) is 14.9 Å². The fourth-order valence-corrected chi connectivity index (χ4v) is 6.03. The van der Waals surface area contributed by atoms with Crippen molar-refractivity contribution in [3.8, 4) is 0 Å². The number of sulfonamides is 1. The molecule has 35 heavy (non-hydrogen) atoms. The Morgan fingerprint density at radius 3 is 2.37 bits per heavy atom. The standard InChI is InChI=1S/C26H27N3O5S/c1-20-8-7-11-22(16-20)17-28-23(15-14-21-9-3-2-4-10-21)18-27(19-26(28)30)35(33,34)25-13-6-5-12-24(25)29(31)32/h2-13,16,23H,14-15,17-19H2,1H3/t23-/m0/s1. The van der Waals surface area contributed by atoms with Gasteiger partial charge >= 0.3 is 0 Å². The number of carbonyl (C=O) groups is 1. The van der Waals surface area contributed by atoms with Gasteiger partial charge in [-0.25, -0.2) is 8.42 Å². The molecule has 4 rings (SSSR count). The summed E-state index contributed by atoms with van der Waals surface area (Å²) in [6.07, 6.45) is 1.23. The lowest BCUT2D eigenvalue weighted by molar-refractivity contribution is -0.387. The third-order valence-electron chi connectivity index (χ3n) is 6.21. The van der Waals surface area contributed by atoms with Crippen molar-refractivity contribution < 1.29 is 18.1 Å². The molecule has 0 unspecified atom stereocenters. The molecular weight excluding hydrogens is 466 g/mol. The molecule has 0 bridgehead atoms. The molecule has 0 saturated carbocycles. The fourth-order valence-electron chi connectivity index (χ4n) is 4.44. The molecule has 1 amide bonds. The molecule has 1 aliphatic rings. The average Bonchev–Trinajstić information content (AvgIpc) is 2.85. The van der Waals surface area contributed by atoms with Gasteiger partial charge in [-0.2, -0.15) is 4.31 Å². The normalized spacial score (nSPS) is 16.9. The van der Waals surface area contributed by atoms with Crippen molar-refractivity contribution in [1.82, 2.24) is 9.21 Å². The number of hydrogen-bond acceptors (Lipinski definition) is 5. The predicted molar refractivity (Wildman–Crippen MR) is 132 cm³/mol. The van der Waals surface area contributed by atoms with E-state index < -0.39 is 25.5 Å². The van der Waals surface area contributed by atoms with Crippen molar-refractivity contribution in [2.24, 2.45) is 0 Å². The molecule has 1 heterocycles. The van der Waals surface area contributed by atoms with Crippen LogP contribution in [-0.2, 0) is 27.8 Å². The lowest BCUT2D eigenvalue weighted by Crippen LogP contribution is -2.57. The van der Waals surface area contributed by atoms with E-state index in [2.05, 4.69) is 0 Å². The highest BCUT2D eigenvalue weighted by molar-refractivity contribution is 7.89. The van der Waals surface area contributed by atoms with E-state index in [0.29, 0.717) is 19.4 Å². The Morgan fingerprint density at radius 2 is 1.66 bits per heavy atom. The van der Waals surface area contributed by atoms with Crippen molar-refractivity contribution in [3.05, 3.63) is 106 Å². The lowest BCUT2D eigenvalue weighted by Gasteiger charge is -2.40. The van der Waals surface area contributed by atoms with Crippen molar-refractivity contribution in [1.29, 1.82) is 0 Å². The first-order valence-corrected chi connectivity index (χ1v) is 12.8. The summed E-state index contributed by atoms with van der Waals surface area (Å²) >= 11 is 0. The second-order valence-corrected chi connectivity index (χ2v) is 10.6. The molecule has 1 saturated heterocycles. The highest BCUT2D eigenvalue weighted by atomic mass is 32.2. The second-order valence-electron chi connectivity index (χ2n) is 8.71. The van der Waals surface area contributed by atoms with E-state index in [1.807, 2.05) is 61.5 Å². The summed E-state index contributed by atoms with van der Waals surface area (Å²) < 4.78 is 28.0. The first kappa shape index (κ1) is 24.6. The smallest absolute Gasteiger partial charge is 0.289 e. The van der Waals surface area contributed by atoms with Crippen molar-refractivity contribution >= 4 is 21.6 Å². The maximum Gasteiger partial charge on any atom is 0.289 e. The van der Waals surface area contributed by atoms with E-state index in [4.69, 9.17) is 0 Å². The van der Waals surface area contributed by atoms with Gasteiger partial charge in [0.1, 0.15) is 0 Å². The molecule has 9 heteroatoms. The Bertz CT molecular complexity index is 1330. The van der Waals surface area contributed by atoms with Gasteiger partial charge in [-0.05, 0) is 37.0 Å². The van der Waals surface area contributed by atoms with E-state index in [9.17, 15) is 23.3 Å². The molecule has 0 spiro atoms. The van der Waals surface area contributed by atoms with E-state index in [1.54, 1.807) is 4.90 Å². The van der Waals surface area contributed by atoms with Gasteiger partial charge in [-0.15, -0.1) is 0 Å². The van der Waals surface area contributed by atoms with Crippen LogP contribution in [-0.4, -0.2) is 47.6 Å². The molecule has 3 aromatic rings. The molecule has 8 nitrogen and oxygen atoms in total. The van der Waals surface area contributed by atoms with E-state index >= 15 is 0 Å². The van der Waals surface area contributed by atoms with Gasteiger partial charge in [0, 0.05) is 25.2 Å². The average molecular weight is 494 g/mol. The van der Waals surface area contributed by atoms with Crippen LogP contribution >= 0.6 is 0 Å². The third-order valence-corrected chi connectivity index (χ3v) is 8.07. The Hall–Kier alpha value is -3.56. The summed E-state index contributed by atoms with van der Waals surface area (Å²) in [5.41, 5.74) is 2.64. The quantitative estimate of drug-likeness (QED) is 0.350. The van der Waals surface area contributed by atoms with Crippen LogP contribution in [0.1, 0.15) is 23.1 Å². The summed E-state index contributed by atoms with van der Waals surface area (Å²) in [5.74, 6) is -0.321. The number of amides is 1. The van der Waals surface area contributed by atoms with E-state index in [1.165, 1.54) is 18.2 Å². The molecule has 3 aromatic carbocycles. The zero-order chi connectivity index (χ0) is 25.0. The zero-order valence-corrected chi connectivity index (χ0v) is 20.2.